The minimum Gasteiger partial charge on any atom is -0.493 e. The molecule has 3 aromatic rings. The van der Waals surface area contributed by atoms with Crippen LogP contribution in [0.2, 0.25) is 0 Å². The van der Waals surface area contributed by atoms with Crippen molar-refractivity contribution < 1.29 is 9.53 Å². The van der Waals surface area contributed by atoms with Crippen molar-refractivity contribution >= 4 is 23.3 Å². The molecule has 0 saturated carbocycles. The lowest BCUT2D eigenvalue weighted by molar-refractivity contribution is 0.102. The summed E-state index contributed by atoms with van der Waals surface area (Å²) in [7, 11) is 0. The van der Waals surface area contributed by atoms with Crippen LogP contribution in [0.15, 0.2) is 29.4 Å². The summed E-state index contributed by atoms with van der Waals surface area (Å²) in [4.78, 5) is 21.2. The molecule has 0 unspecified atom stereocenters. The molecule has 0 saturated heterocycles. The smallest absolute Gasteiger partial charge is 0.253 e. The summed E-state index contributed by atoms with van der Waals surface area (Å²) in [6.45, 7) is 4.58. The maximum absolute atomic E-state index is 12.4. The van der Waals surface area contributed by atoms with Gasteiger partial charge in [0.2, 0.25) is 5.16 Å². The maximum Gasteiger partial charge on any atom is 0.253 e. The van der Waals surface area contributed by atoms with Crippen LogP contribution in [0.1, 0.15) is 27.3 Å². The fraction of sp³-hybridized carbons (Fsp3) is 0.294. The second-order valence-corrected chi connectivity index (χ2v) is 6.72. The van der Waals surface area contributed by atoms with Gasteiger partial charge in [-0.2, -0.15) is 4.98 Å². The Balaban J connectivity index is 1.50. The zero-order valence-electron chi connectivity index (χ0n) is 13.4. The molecule has 0 radical (unpaired) electrons. The molecule has 1 aromatic carbocycles. The standard InChI is InChI=1S/C17H16N4O2S/c1-10-7-11(2)21-16(18-10)19-17(20-21)24-9-14(22)12-3-4-15-13(8-12)5-6-23-15/h3-4,7-8H,5-6,9H2,1-2H3. The van der Waals surface area contributed by atoms with Gasteiger partial charge in [0, 0.05) is 23.4 Å². The zero-order chi connectivity index (χ0) is 16.7. The fourth-order valence-corrected chi connectivity index (χ4v) is 3.49. The van der Waals surface area contributed by atoms with Crippen LogP contribution in [0.4, 0.5) is 0 Å². The number of rotatable bonds is 4. The van der Waals surface area contributed by atoms with Crippen LogP contribution >= 0.6 is 11.8 Å². The number of nitrogens with zero attached hydrogens (tertiary/aromatic N) is 4. The number of ketones is 1. The van der Waals surface area contributed by atoms with E-state index in [1.807, 2.05) is 38.1 Å². The average Bonchev–Trinajstić information content (AvgIpc) is 3.17. The second kappa shape index (κ2) is 5.90. The number of benzene rings is 1. The highest BCUT2D eigenvalue weighted by molar-refractivity contribution is 7.99. The average molecular weight is 340 g/mol. The summed E-state index contributed by atoms with van der Waals surface area (Å²) in [5.74, 6) is 1.82. The molecule has 6 nitrogen and oxygen atoms in total. The van der Waals surface area contributed by atoms with Crippen LogP contribution in [0.25, 0.3) is 5.78 Å². The number of aryl methyl sites for hydroxylation is 2. The summed E-state index contributed by atoms with van der Waals surface area (Å²) < 4.78 is 7.17. The monoisotopic (exact) mass is 340 g/mol. The predicted molar refractivity (Wildman–Crippen MR) is 91.0 cm³/mol. The van der Waals surface area contributed by atoms with E-state index < -0.39 is 0 Å². The van der Waals surface area contributed by atoms with Gasteiger partial charge in [0.15, 0.2) is 5.78 Å². The highest BCUT2D eigenvalue weighted by Gasteiger charge is 2.16. The van der Waals surface area contributed by atoms with Crippen molar-refractivity contribution in [3.8, 4) is 5.75 Å². The number of fused-ring (bicyclic) bond motifs is 2. The molecule has 4 rings (SSSR count). The SMILES string of the molecule is Cc1cc(C)n2nc(SCC(=O)c3ccc4c(c3)CCO4)nc2n1. The van der Waals surface area contributed by atoms with Gasteiger partial charge < -0.3 is 4.74 Å². The van der Waals surface area contributed by atoms with Crippen LogP contribution in [-0.4, -0.2) is 37.7 Å². The first-order valence-electron chi connectivity index (χ1n) is 7.73. The maximum atomic E-state index is 12.4. The Morgan fingerprint density at radius 2 is 2.17 bits per heavy atom. The van der Waals surface area contributed by atoms with Gasteiger partial charge in [0.1, 0.15) is 5.75 Å². The molecule has 1 aliphatic rings. The molecule has 0 aliphatic carbocycles. The minimum absolute atomic E-state index is 0.0643. The van der Waals surface area contributed by atoms with E-state index in [0.29, 0.717) is 28.9 Å². The molecule has 1 aliphatic heterocycles. The molecule has 0 N–H and O–H groups in total. The zero-order valence-corrected chi connectivity index (χ0v) is 14.3. The first-order chi connectivity index (χ1) is 11.6. The first kappa shape index (κ1) is 15.1. The second-order valence-electron chi connectivity index (χ2n) is 5.78. The highest BCUT2D eigenvalue weighted by Crippen LogP contribution is 2.26. The predicted octanol–water partition coefficient (Wildman–Crippen LogP) is 2.65. The van der Waals surface area contributed by atoms with Crippen molar-refractivity contribution in [3.63, 3.8) is 0 Å². The quantitative estimate of drug-likeness (QED) is 0.537. The molecule has 0 amide bonds. The van der Waals surface area contributed by atoms with Gasteiger partial charge in [-0.05, 0) is 43.7 Å². The Labute approximate surface area is 143 Å². The summed E-state index contributed by atoms with van der Waals surface area (Å²) in [6.07, 6.45) is 0.863. The molecule has 7 heteroatoms. The topological polar surface area (TPSA) is 69.4 Å². The Morgan fingerprint density at radius 3 is 3.04 bits per heavy atom. The molecule has 0 spiro atoms. The summed E-state index contributed by atoms with van der Waals surface area (Å²) in [6, 6.07) is 7.57. The number of aromatic nitrogens is 4. The van der Waals surface area contributed by atoms with E-state index in [0.717, 1.165) is 29.1 Å². The summed E-state index contributed by atoms with van der Waals surface area (Å²) >= 11 is 1.33. The Bertz CT molecular complexity index is 951. The lowest BCUT2D eigenvalue weighted by Crippen LogP contribution is -2.03. The van der Waals surface area contributed by atoms with Crippen LogP contribution in [0, 0.1) is 13.8 Å². The Morgan fingerprint density at radius 1 is 1.29 bits per heavy atom. The molecule has 0 fully saturated rings. The van der Waals surface area contributed by atoms with E-state index in [9.17, 15) is 4.79 Å². The summed E-state index contributed by atoms with van der Waals surface area (Å²) in [5.41, 5.74) is 3.69. The first-order valence-corrected chi connectivity index (χ1v) is 8.71. The molecule has 2 aromatic heterocycles. The Hall–Kier alpha value is -2.41. The van der Waals surface area contributed by atoms with Gasteiger partial charge in [-0.15, -0.1) is 5.10 Å². The van der Waals surface area contributed by atoms with Gasteiger partial charge in [0.05, 0.1) is 12.4 Å². The lowest BCUT2D eigenvalue weighted by Gasteiger charge is -2.02. The van der Waals surface area contributed by atoms with Crippen molar-refractivity contribution in [2.24, 2.45) is 0 Å². The van der Waals surface area contributed by atoms with Gasteiger partial charge in [-0.3, -0.25) is 4.79 Å². The highest BCUT2D eigenvalue weighted by atomic mass is 32.2. The van der Waals surface area contributed by atoms with Gasteiger partial charge in [-0.25, -0.2) is 9.50 Å². The van der Waals surface area contributed by atoms with E-state index in [2.05, 4.69) is 15.1 Å². The lowest BCUT2D eigenvalue weighted by atomic mass is 10.1. The molecule has 24 heavy (non-hydrogen) atoms. The number of ether oxygens (including phenoxy) is 1. The minimum atomic E-state index is 0.0643. The van der Waals surface area contributed by atoms with Crippen LogP contribution in [-0.2, 0) is 6.42 Å². The van der Waals surface area contributed by atoms with Crippen molar-refractivity contribution in [2.45, 2.75) is 25.4 Å². The number of thioether (sulfide) groups is 1. The molecule has 0 atom stereocenters. The molecular formula is C17H16N4O2S. The third-order valence-corrected chi connectivity index (χ3v) is 4.78. The third-order valence-electron chi connectivity index (χ3n) is 3.94. The van der Waals surface area contributed by atoms with Crippen molar-refractivity contribution in [3.05, 3.63) is 46.8 Å². The van der Waals surface area contributed by atoms with E-state index in [1.54, 1.807) is 4.52 Å². The van der Waals surface area contributed by atoms with E-state index >= 15 is 0 Å². The van der Waals surface area contributed by atoms with Crippen molar-refractivity contribution in [1.29, 1.82) is 0 Å². The number of carbonyl (C=O) groups is 1. The fourth-order valence-electron chi connectivity index (χ4n) is 2.78. The van der Waals surface area contributed by atoms with Gasteiger partial charge in [0.25, 0.3) is 5.78 Å². The van der Waals surface area contributed by atoms with Crippen molar-refractivity contribution in [1.82, 2.24) is 19.6 Å². The molecule has 0 bridgehead atoms. The normalized spacial score (nSPS) is 13.1. The van der Waals surface area contributed by atoms with E-state index in [-0.39, 0.29) is 5.78 Å². The number of carbonyl (C=O) groups excluding carboxylic acids is 1. The Kier molecular flexibility index (Phi) is 3.72. The van der Waals surface area contributed by atoms with E-state index in [4.69, 9.17) is 4.74 Å². The van der Waals surface area contributed by atoms with Crippen LogP contribution in [0.3, 0.4) is 0 Å². The number of hydrogen-bond donors (Lipinski definition) is 0. The van der Waals surface area contributed by atoms with Gasteiger partial charge in [-0.1, -0.05) is 11.8 Å². The summed E-state index contributed by atoms with van der Waals surface area (Å²) in [5, 5.41) is 4.97. The third kappa shape index (κ3) is 2.75. The van der Waals surface area contributed by atoms with E-state index in [1.165, 1.54) is 11.8 Å². The van der Waals surface area contributed by atoms with Crippen LogP contribution in [0.5, 0.6) is 5.75 Å². The number of Topliss-reactive ketones (excluding diaryl/α,β-unsaturated/α-hetero) is 1. The van der Waals surface area contributed by atoms with Gasteiger partial charge >= 0.3 is 0 Å². The molecular weight excluding hydrogens is 324 g/mol. The van der Waals surface area contributed by atoms with Crippen molar-refractivity contribution in [2.75, 3.05) is 12.4 Å². The molecule has 122 valence electrons. The number of hydrogen-bond acceptors (Lipinski definition) is 6. The molecule has 3 heterocycles. The van der Waals surface area contributed by atoms with Crippen LogP contribution < -0.4 is 4.74 Å². The largest absolute Gasteiger partial charge is 0.493 e.